The Bertz CT molecular complexity index is 571. The Balaban J connectivity index is 2.03. The summed E-state index contributed by atoms with van der Waals surface area (Å²) >= 11 is 5.79. The molecule has 0 spiro atoms. The maximum atomic E-state index is 12.0. The minimum Gasteiger partial charge on any atom is -0.348 e. The number of anilines is 1. The van der Waals surface area contributed by atoms with Crippen molar-refractivity contribution in [2.75, 3.05) is 5.43 Å². The number of halogens is 1. The average molecular weight is 277 g/mol. The summed E-state index contributed by atoms with van der Waals surface area (Å²) in [6.45, 7) is 0.412. The third-order valence-corrected chi connectivity index (χ3v) is 2.81. The summed E-state index contributed by atoms with van der Waals surface area (Å²) in [5.41, 5.74) is 3.76. The number of hydrogen-bond acceptors (Lipinski definition) is 4. The van der Waals surface area contributed by atoms with E-state index in [1.807, 2.05) is 12.1 Å². The zero-order valence-corrected chi connectivity index (χ0v) is 10.8. The predicted molar refractivity (Wildman–Crippen MR) is 74.7 cm³/mol. The number of hydrogen-bond donors (Lipinski definition) is 3. The van der Waals surface area contributed by atoms with Crippen LogP contribution in [0.15, 0.2) is 42.6 Å². The molecule has 0 saturated heterocycles. The zero-order chi connectivity index (χ0) is 13.7. The van der Waals surface area contributed by atoms with Crippen molar-refractivity contribution in [2.45, 2.75) is 6.54 Å². The summed E-state index contributed by atoms with van der Waals surface area (Å²) in [7, 11) is 0. The van der Waals surface area contributed by atoms with Crippen molar-refractivity contribution in [2.24, 2.45) is 5.84 Å². The molecule has 1 aromatic heterocycles. The summed E-state index contributed by atoms with van der Waals surface area (Å²) < 4.78 is 0. The van der Waals surface area contributed by atoms with Crippen LogP contribution < -0.4 is 16.6 Å². The van der Waals surface area contributed by atoms with Crippen LogP contribution in [-0.2, 0) is 6.54 Å². The Morgan fingerprint density at radius 2 is 2.00 bits per heavy atom. The van der Waals surface area contributed by atoms with E-state index in [1.54, 1.807) is 30.5 Å². The quantitative estimate of drug-likeness (QED) is 0.589. The minimum atomic E-state index is -0.240. The van der Waals surface area contributed by atoms with Gasteiger partial charge in [0.25, 0.3) is 5.91 Å². The highest BCUT2D eigenvalue weighted by atomic mass is 35.5. The standard InChI is InChI=1S/C13H13ClN4O/c14-10-5-3-9(4-6-10)8-17-13(19)11-2-1-7-16-12(11)18-15/h1-7H,8,15H2,(H,16,18)(H,17,19). The molecule has 0 unspecified atom stereocenters. The van der Waals surface area contributed by atoms with Gasteiger partial charge >= 0.3 is 0 Å². The zero-order valence-electron chi connectivity index (χ0n) is 10.1. The molecule has 98 valence electrons. The number of nitrogens with zero attached hydrogens (tertiary/aromatic N) is 1. The van der Waals surface area contributed by atoms with Crippen LogP contribution >= 0.6 is 11.6 Å². The Hall–Kier alpha value is -2.11. The molecule has 1 aromatic carbocycles. The molecule has 5 nitrogen and oxygen atoms in total. The number of rotatable bonds is 4. The number of benzene rings is 1. The van der Waals surface area contributed by atoms with Gasteiger partial charge in [0.05, 0.1) is 5.56 Å². The highest BCUT2D eigenvalue weighted by Crippen LogP contribution is 2.11. The Morgan fingerprint density at radius 3 is 2.68 bits per heavy atom. The molecule has 0 aliphatic rings. The second-order valence-electron chi connectivity index (χ2n) is 3.85. The fourth-order valence-electron chi connectivity index (χ4n) is 1.58. The topological polar surface area (TPSA) is 80.0 Å². The Labute approximate surface area is 115 Å². The highest BCUT2D eigenvalue weighted by molar-refractivity contribution is 6.30. The van der Waals surface area contributed by atoms with Crippen LogP contribution in [0, 0.1) is 0 Å². The number of carbonyl (C=O) groups excluding carboxylic acids is 1. The number of nitrogens with two attached hydrogens (primary N) is 1. The van der Waals surface area contributed by atoms with E-state index in [4.69, 9.17) is 17.4 Å². The molecular formula is C13H13ClN4O. The fourth-order valence-corrected chi connectivity index (χ4v) is 1.71. The smallest absolute Gasteiger partial charge is 0.255 e. The molecule has 2 rings (SSSR count). The summed E-state index contributed by atoms with van der Waals surface area (Å²) in [6.07, 6.45) is 1.56. The molecule has 1 amide bonds. The maximum absolute atomic E-state index is 12.0. The monoisotopic (exact) mass is 276 g/mol. The van der Waals surface area contributed by atoms with Crippen LogP contribution in [0.2, 0.25) is 5.02 Å². The number of amides is 1. The molecule has 0 atom stereocenters. The first-order chi connectivity index (χ1) is 9.20. The van der Waals surface area contributed by atoms with Gasteiger partial charge < -0.3 is 10.7 Å². The SMILES string of the molecule is NNc1ncccc1C(=O)NCc1ccc(Cl)cc1. The van der Waals surface area contributed by atoms with E-state index in [9.17, 15) is 4.79 Å². The number of hydrazine groups is 1. The van der Waals surface area contributed by atoms with Crippen LogP contribution in [0.4, 0.5) is 5.82 Å². The van der Waals surface area contributed by atoms with Crippen LogP contribution in [0.1, 0.15) is 15.9 Å². The molecule has 0 aliphatic heterocycles. The normalized spacial score (nSPS) is 10.0. The lowest BCUT2D eigenvalue weighted by molar-refractivity contribution is 0.0951. The lowest BCUT2D eigenvalue weighted by atomic mass is 10.2. The van der Waals surface area contributed by atoms with Gasteiger partial charge in [0.15, 0.2) is 5.82 Å². The average Bonchev–Trinajstić information content (AvgIpc) is 2.46. The largest absolute Gasteiger partial charge is 0.348 e. The van der Waals surface area contributed by atoms with E-state index < -0.39 is 0 Å². The van der Waals surface area contributed by atoms with Crippen LogP contribution in [0.3, 0.4) is 0 Å². The number of pyridine rings is 1. The molecule has 2 aromatic rings. The third-order valence-electron chi connectivity index (χ3n) is 2.56. The first-order valence-corrected chi connectivity index (χ1v) is 6.03. The number of nitrogens with one attached hydrogen (secondary N) is 2. The summed E-state index contributed by atoms with van der Waals surface area (Å²) in [6, 6.07) is 10.6. The molecule has 0 fully saturated rings. The Kier molecular flexibility index (Phi) is 4.33. The second-order valence-corrected chi connectivity index (χ2v) is 4.29. The molecule has 6 heteroatoms. The summed E-state index contributed by atoms with van der Waals surface area (Å²) in [5.74, 6) is 5.41. The van der Waals surface area contributed by atoms with E-state index in [-0.39, 0.29) is 5.91 Å². The molecule has 19 heavy (non-hydrogen) atoms. The first-order valence-electron chi connectivity index (χ1n) is 5.65. The van der Waals surface area contributed by atoms with E-state index in [0.29, 0.717) is 22.9 Å². The van der Waals surface area contributed by atoms with Crippen molar-refractivity contribution in [1.82, 2.24) is 10.3 Å². The summed E-state index contributed by atoms with van der Waals surface area (Å²) in [4.78, 5) is 16.0. The van der Waals surface area contributed by atoms with Crippen LogP contribution in [0.5, 0.6) is 0 Å². The molecule has 0 saturated carbocycles. The molecule has 4 N–H and O–H groups in total. The molecule has 1 heterocycles. The lowest BCUT2D eigenvalue weighted by Gasteiger charge is -2.08. The lowest BCUT2D eigenvalue weighted by Crippen LogP contribution is -2.25. The van der Waals surface area contributed by atoms with Gasteiger partial charge in [-0.25, -0.2) is 10.8 Å². The van der Waals surface area contributed by atoms with E-state index >= 15 is 0 Å². The van der Waals surface area contributed by atoms with E-state index in [1.165, 1.54) is 0 Å². The maximum Gasteiger partial charge on any atom is 0.255 e. The predicted octanol–water partition coefficient (Wildman–Crippen LogP) is 1.95. The van der Waals surface area contributed by atoms with Crippen molar-refractivity contribution in [3.8, 4) is 0 Å². The van der Waals surface area contributed by atoms with Crippen molar-refractivity contribution in [3.05, 3.63) is 58.7 Å². The van der Waals surface area contributed by atoms with Crippen LogP contribution in [0.25, 0.3) is 0 Å². The van der Waals surface area contributed by atoms with Gasteiger partial charge in [0.1, 0.15) is 0 Å². The highest BCUT2D eigenvalue weighted by Gasteiger charge is 2.10. The van der Waals surface area contributed by atoms with E-state index in [2.05, 4.69) is 15.7 Å². The molecule has 0 radical (unpaired) electrons. The third kappa shape index (κ3) is 3.43. The molecule has 0 aliphatic carbocycles. The number of carbonyl (C=O) groups is 1. The van der Waals surface area contributed by atoms with Crippen molar-refractivity contribution in [1.29, 1.82) is 0 Å². The van der Waals surface area contributed by atoms with Gasteiger partial charge in [-0.3, -0.25) is 4.79 Å². The van der Waals surface area contributed by atoms with Gasteiger partial charge in [0.2, 0.25) is 0 Å². The van der Waals surface area contributed by atoms with Gasteiger partial charge in [-0.2, -0.15) is 0 Å². The number of nitrogen functional groups attached to an aromatic ring is 1. The van der Waals surface area contributed by atoms with Crippen molar-refractivity contribution < 1.29 is 4.79 Å². The van der Waals surface area contributed by atoms with Gasteiger partial charge in [-0.05, 0) is 29.8 Å². The van der Waals surface area contributed by atoms with Crippen LogP contribution in [-0.4, -0.2) is 10.9 Å². The van der Waals surface area contributed by atoms with Gasteiger partial charge in [0, 0.05) is 17.8 Å². The fraction of sp³-hybridized carbons (Fsp3) is 0.0769. The Morgan fingerprint density at radius 1 is 1.26 bits per heavy atom. The number of aromatic nitrogens is 1. The van der Waals surface area contributed by atoms with Gasteiger partial charge in [-0.1, -0.05) is 23.7 Å². The van der Waals surface area contributed by atoms with Crippen molar-refractivity contribution in [3.63, 3.8) is 0 Å². The van der Waals surface area contributed by atoms with Gasteiger partial charge in [-0.15, -0.1) is 0 Å². The van der Waals surface area contributed by atoms with E-state index in [0.717, 1.165) is 5.56 Å². The summed E-state index contributed by atoms with van der Waals surface area (Å²) in [5, 5.41) is 3.46. The first kappa shape index (κ1) is 13.3. The van der Waals surface area contributed by atoms with Crippen molar-refractivity contribution >= 4 is 23.3 Å². The molecular weight excluding hydrogens is 264 g/mol. The second kappa shape index (κ2) is 6.17. The minimum absolute atomic E-state index is 0.240. The molecule has 0 bridgehead atoms.